The normalized spacial score (nSPS) is 16.0. The van der Waals surface area contributed by atoms with Gasteiger partial charge in [-0.3, -0.25) is 9.89 Å². The van der Waals surface area contributed by atoms with E-state index in [2.05, 4.69) is 65.1 Å². The molecule has 2 rings (SSSR count). The van der Waals surface area contributed by atoms with Gasteiger partial charge in [0.15, 0.2) is 5.96 Å². The van der Waals surface area contributed by atoms with Gasteiger partial charge in [-0.05, 0) is 57.9 Å². The number of aryl methyl sites for hydroxylation is 1. The van der Waals surface area contributed by atoms with Gasteiger partial charge in [-0.25, -0.2) is 0 Å². The van der Waals surface area contributed by atoms with E-state index in [1.807, 2.05) is 0 Å². The van der Waals surface area contributed by atoms with Gasteiger partial charge < -0.3 is 16.0 Å². The number of nitrogens with one attached hydrogen (secondary N) is 1. The Morgan fingerprint density at radius 1 is 1.20 bits per heavy atom. The second kappa shape index (κ2) is 11.6. The Morgan fingerprint density at radius 2 is 1.92 bits per heavy atom. The molecule has 0 aliphatic carbocycles. The Labute approximate surface area is 170 Å². The number of guanidine groups is 1. The van der Waals surface area contributed by atoms with Gasteiger partial charge in [0, 0.05) is 44.5 Å². The largest absolute Gasteiger partial charge is 0.370 e. The molecule has 1 aliphatic heterocycles. The zero-order valence-corrected chi connectivity index (χ0v) is 18.2. The van der Waals surface area contributed by atoms with Crippen molar-refractivity contribution in [2.45, 2.75) is 39.7 Å². The van der Waals surface area contributed by atoms with Crippen molar-refractivity contribution >= 4 is 35.6 Å². The number of aliphatic imine (C=N–C) groups is 1. The first-order valence-electron chi connectivity index (χ1n) is 9.15. The molecule has 0 aromatic heterocycles. The van der Waals surface area contributed by atoms with Crippen LogP contribution in [0.3, 0.4) is 0 Å². The maximum Gasteiger partial charge on any atom is 0.188 e. The third-order valence-corrected chi connectivity index (χ3v) is 4.34. The first-order chi connectivity index (χ1) is 11.5. The van der Waals surface area contributed by atoms with Crippen molar-refractivity contribution in [3.05, 3.63) is 29.8 Å². The summed E-state index contributed by atoms with van der Waals surface area (Å²) in [4.78, 5) is 9.42. The van der Waals surface area contributed by atoms with Crippen LogP contribution in [0.2, 0.25) is 0 Å². The molecule has 142 valence electrons. The molecule has 6 heteroatoms. The molecular formula is C19H34IN5. The number of piperazine rings is 1. The highest BCUT2D eigenvalue weighted by Crippen LogP contribution is 2.17. The fraction of sp³-hybridized carbons (Fsp3) is 0.632. The molecule has 3 N–H and O–H groups in total. The zero-order chi connectivity index (χ0) is 17.4. The minimum atomic E-state index is 0. The molecule has 0 radical (unpaired) electrons. The lowest BCUT2D eigenvalue weighted by Gasteiger charge is -2.36. The van der Waals surface area contributed by atoms with Crippen molar-refractivity contribution in [2.75, 3.05) is 44.2 Å². The number of anilines is 1. The molecular weight excluding hydrogens is 425 g/mol. The summed E-state index contributed by atoms with van der Waals surface area (Å²) in [5.41, 5.74) is 8.50. The SMILES string of the molecule is Cc1cccc(N2CCN(CCCCN=C(N)NC(C)C)CC2)c1.I. The maximum absolute atomic E-state index is 5.80. The summed E-state index contributed by atoms with van der Waals surface area (Å²) in [6.45, 7) is 12.8. The first-order valence-corrected chi connectivity index (χ1v) is 9.15. The first kappa shape index (κ1) is 22.0. The molecule has 1 saturated heterocycles. The summed E-state index contributed by atoms with van der Waals surface area (Å²) >= 11 is 0. The monoisotopic (exact) mass is 459 g/mol. The summed E-state index contributed by atoms with van der Waals surface area (Å²) in [5, 5.41) is 3.12. The van der Waals surface area contributed by atoms with Crippen molar-refractivity contribution in [2.24, 2.45) is 10.7 Å². The number of benzene rings is 1. The second-order valence-corrected chi connectivity index (χ2v) is 6.94. The number of halogens is 1. The van der Waals surface area contributed by atoms with Crippen molar-refractivity contribution in [1.82, 2.24) is 10.2 Å². The molecule has 0 amide bonds. The van der Waals surface area contributed by atoms with E-state index in [1.54, 1.807) is 0 Å². The number of nitrogens with two attached hydrogens (primary N) is 1. The molecule has 0 saturated carbocycles. The van der Waals surface area contributed by atoms with Crippen LogP contribution in [0.25, 0.3) is 0 Å². The van der Waals surface area contributed by atoms with Crippen molar-refractivity contribution in [3.8, 4) is 0 Å². The van der Waals surface area contributed by atoms with E-state index in [0.29, 0.717) is 12.0 Å². The molecule has 0 atom stereocenters. The van der Waals surface area contributed by atoms with Gasteiger partial charge >= 0.3 is 0 Å². The number of hydrogen-bond acceptors (Lipinski definition) is 3. The number of nitrogens with zero attached hydrogens (tertiary/aromatic N) is 3. The van der Waals surface area contributed by atoms with E-state index in [1.165, 1.54) is 17.7 Å². The minimum Gasteiger partial charge on any atom is -0.370 e. The molecule has 0 bridgehead atoms. The predicted molar refractivity (Wildman–Crippen MR) is 119 cm³/mol. The molecule has 1 heterocycles. The van der Waals surface area contributed by atoms with Gasteiger partial charge in [0.05, 0.1) is 0 Å². The molecule has 1 fully saturated rings. The average Bonchev–Trinajstić information content (AvgIpc) is 2.54. The Kier molecular flexibility index (Phi) is 10.2. The molecule has 0 spiro atoms. The number of rotatable bonds is 7. The Bertz CT molecular complexity index is 524. The summed E-state index contributed by atoms with van der Waals surface area (Å²) in [7, 11) is 0. The molecule has 5 nitrogen and oxygen atoms in total. The highest BCUT2D eigenvalue weighted by atomic mass is 127. The molecule has 1 aliphatic rings. The van der Waals surface area contributed by atoms with Crippen LogP contribution in [0, 0.1) is 6.92 Å². The smallest absolute Gasteiger partial charge is 0.188 e. The Balaban J connectivity index is 0.00000312. The van der Waals surface area contributed by atoms with Crippen LogP contribution in [0.1, 0.15) is 32.3 Å². The third kappa shape index (κ3) is 8.27. The van der Waals surface area contributed by atoms with E-state index in [0.717, 1.165) is 45.7 Å². The van der Waals surface area contributed by atoms with Crippen molar-refractivity contribution < 1.29 is 0 Å². The molecule has 25 heavy (non-hydrogen) atoms. The summed E-state index contributed by atoms with van der Waals surface area (Å²) in [6.07, 6.45) is 2.28. The van der Waals surface area contributed by atoms with Crippen molar-refractivity contribution in [3.63, 3.8) is 0 Å². The topological polar surface area (TPSA) is 56.9 Å². The molecule has 1 aromatic carbocycles. The number of unbranched alkanes of at least 4 members (excludes halogenated alkanes) is 1. The van der Waals surface area contributed by atoms with Gasteiger partial charge in [-0.15, -0.1) is 24.0 Å². The standard InChI is InChI=1S/C19H33N5.HI/c1-16(2)22-19(20)21-9-4-5-10-23-11-13-24(14-12-23)18-8-6-7-17(3)15-18;/h6-8,15-16H,4-5,9-14H2,1-3H3,(H3,20,21,22);1H. The fourth-order valence-corrected chi connectivity index (χ4v) is 3.04. The van der Waals surface area contributed by atoms with E-state index >= 15 is 0 Å². The number of hydrogen-bond donors (Lipinski definition) is 2. The maximum atomic E-state index is 5.80. The summed E-state index contributed by atoms with van der Waals surface area (Å²) in [5.74, 6) is 0.566. The lowest BCUT2D eigenvalue weighted by atomic mass is 10.2. The van der Waals surface area contributed by atoms with E-state index in [4.69, 9.17) is 5.73 Å². The average molecular weight is 459 g/mol. The van der Waals surface area contributed by atoms with Crippen LogP contribution in [0.4, 0.5) is 5.69 Å². The molecule has 0 unspecified atom stereocenters. The molecule has 1 aromatic rings. The van der Waals surface area contributed by atoms with Gasteiger partial charge in [-0.2, -0.15) is 0 Å². The van der Waals surface area contributed by atoms with Gasteiger partial charge in [0.2, 0.25) is 0 Å². The van der Waals surface area contributed by atoms with E-state index in [9.17, 15) is 0 Å². The lowest BCUT2D eigenvalue weighted by molar-refractivity contribution is 0.253. The second-order valence-electron chi connectivity index (χ2n) is 6.94. The third-order valence-electron chi connectivity index (χ3n) is 4.34. The van der Waals surface area contributed by atoms with Gasteiger partial charge in [0.1, 0.15) is 0 Å². The van der Waals surface area contributed by atoms with Crippen molar-refractivity contribution in [1.29, 1.82) is 0 Å². The van der Waals surface area contributed by atoms with Crippen LogP contribution in [-0.2, 0) is 0 Å². The fourth-order valence-electron chi connectivity index (χ4n) is 3.04. The zero-order valence-electron chi connectivity index (χ0n) is 15.9. The Morgan fingerprint density at radius 3 is 2.56 bits per heavy atom. The van der Waals surface area contributed by atoms with Gasteiger partial charge in [-0.1, -0.05) is 12.1 Å². The van der Waals surface area contributed by atoms with Crippen LogP contribution in [0.5, 0.6) is 0 Å². The highest BCUT2D eigenvalue weighted by Gasteiger charge is 2.16. The van der Waals surface area contributed by atoms with Crippen LogP contribution in [-0.4, -0.2) is 56.2 Å². The highest BCUT2D eigenvalue weighted by molar-refractivity contribution is 14.0. The van der Waals surface area contributed by atoms with Crippen LogP contribution < -0.4 is 16.0 Å². The van der Waals surface area contributed by atoms with Gasteiger partial charge in [0.25, 0.3) is 0 Å². The lowest BCUT2D eigenvalue weighted by Crippen LogP contribution is -2.46. The quantitative estimate of drug-likeness (QED) is 0.285. The summed E-state index contributed by atoms with van der Waals surface area (Å²) in [6, 6.07) is 9.15. The van der Waals surface area contributed by atoms with E-state index < -0.39 is 0 Å². The van der Waals surface area contributed by atoms with E-state index in [-0.39, 0.29) is 24.0 Å². The summed E-state index contributed by atoms with van der Waals surface area (Å²) < 4.78 is 0. The Hall–Kier alpha value is -1.02. The predicted octanol–water partition coefficient (Wildman–Crippen LogP) is 2.83. The minimum absolute atomic E-state index is 0. The van der Waals surface area contributed by atoms with Crippen LogP contribution in [0.15, 0.2) is 29.3 Å². The van der Waals surface area contributed by atoms with Crippen LogP contribution >= 0.6 is 24.0 Å².